The molecule has 0 aliphatic carbocycles. The van der Waals surface area contributed by atoms with Crippen LogP contribution in [0, 0.1) is 0 Å². The van der Waals surface area contributed by atoms with Gasteiger partial charge in [0.1, 0.15) is 6.34 Å². The number of nitrogens with zero attached hydrogens (tertiary/aromatic N) is 2. The predicted molar refractivity (Wildman–Crippen MR) is 53.0 cm³/mol. The van der Waals surface area contributed by atoms with Gasteiger partial charge in [0.15, 0.2) is 6.23 Å². The third-order valence-corrected chi connectivity index (χ3v) is 2.06. The molecule has 0 amide bonds. The fourth-order valence-corrected chi connectivity index (χ4v) is 1.34. The predicted octanol–water partition coefficient (Wildman–Crippen LogP) is 2.47. The molecule has 0 saturated carbocycles. The first-order chi connectivity index (χ1) is 6.27. The summed E-state index contributed by atoms with van der Waals surface area (Å²) in [4.78, 5) is 9.41. The van der Waals surface area contributed by atoms with Crippen molar-refractivity contribution in [3.05, 3.63) is 29.3 Å². The van der Waals surface area contributed by atoms with E-state index in [1.54, 1.807) is 11.4 Å². The summed E-state index contributed by atoms with van der Waals surface area (Å²) >= 11 is 5.97. The Bertz CT molecular complexity index is 340. The molecule has 13 heavy (non-hydrogen) atoms. The quantitative estimate of drug-likeness (QED) is 0.690. The van der Waals surface area contributed by atoms with Crippen LogP contribution in [0.25, 0.3) is 0 Å². The largest absolute Gasteiger partial charge is 0.241 e. The first-order valence-corrected chi connectivity index (χ1v) is 4.39. The van der Waals surface area contributed by atoms with Crippen molar-refractivity contribution in [2.45, 2.75) is 13.2 Å². The minimum absolute atomic E-state index is 0.128. The van der Waals surface area contributed by atoms with Crippen LogP contribution in [0.2, 0.25) is 5.02 Å². The van der Waals surface area contributed by atoms with E-state index in [1.165, 1.54) is 0 Å². The lowest BCUT2D eigenvalue weighted by Gasteiger charge is -2.15. The van der Waals surface area contributed by atoms with Crippen molar-refractivity contribution in [2.75, 3.05) is 5.06 Å². The molecule has 0 aromatic heterocycles. The number of hydroxylamine groups is 1. The van der Waals surface area contributed by atoms with Gasteiger partial charge in [-0.3, -0.25) is 0 Å². The Morgan fingerprint density at radius 2 is 2.23 bits per heavy atom. The maximum absolute atomic E-state index is 5.97. The summed E-state index contributed by atoms with van der Waals surface area (Å²) in [7, 11) is 0. The normalized spacial score (nSPS) is 21.1. The molecular weight excluding hydrogens is 188 g/mol. The van der Waals surface area contributed by atoms with E-state index in [1.807, 2.05) is 31.2 Å². The zero-order valence-electron chi connectivity index (χ0n) is 7.14. The minimum atomic E-state index is -0.128. The molecule has 0 radical (unpaired) electrons. The molecule has 1 heterocycles. The van der Waals surface area contributed by atoms with Crippen LogP contribution in [0.5, 0.6) is 0 Å². The summed E-state index contributed by atoms with van der Waals surface area (Å²) in [6, 6.07) is 7.48. The molecule has 1 aromatic rings. The molecule has 1 aliphatic rings. The van der Waals surface area contributed by atoms with Crippen molar-refractivity contribution in [3.63, 3.8) is 0 Å². The molecule has 4 heteroatoms. The number of hydrogen-bond donors (Lipinski definition) is 0. The molecule has 0 fully saturated rings. The lowest BCUT2D eigenvalue weighted by Crippen LogP contribution is -2.18. The van der Waals surface area contributed by atoms with Crippen LogP contribution in [0.1, 0.15) is 6.92 Å². The van der Waals surface area contributed by atoms with Crippen molar-refractivity contribution in [1.82, 2.24) is 0 Å². The average molecular weight is 197 g/mol. The molecule has 2 rings (SSSR count). The second kappa shape index (κ2) is 3.36. The summed E-state index contributed by atoms with van der Waals surface area (Å²) in [5, 5.41) is 2.23. The molecule has 0 spiro atoms. The number of para-hydroxylation sites is 1. The Labute approximate surface area is 81.5 Å². The maximum atomic E-state index is 5.97. The zero-order chi connectivity index (χ0) is 9.26. The molecule has 1 atom stereocenters. The first-order valence-electron chi connectivity index (χ1n) is 4.01. The monoisotopic (exact) mass is 196 g/mol. The summed E-state index contributed by atoms with van der Waals surface area (Å²) in [5.41, 5.74) is 0.817. The third kappa shape index (κ3) is 1.66. The van der Waals surface area contributed by atoms with E-state index in [0.29, 0.717) is 5.02 Å². The first kappa shape index (κ1) is 8.53. The van der Waals surface area contributed by atoms with E-state index in [9.17, 15) is 0 Å². The van der Waals surface area contributed by atoms with Gasteiger partial charge in [-0.25, -0.2) is 14.9 Å². The molecule has 1 unspecified atom stereocenters. The highest BCUT2D eigenvalue weighted by Crippen LogP contribution is 2.26. The summed E-state index contributed by atoms with van der Waals surface area (Å²) in [6.07, 6.45) is 1.50. The fraction of sp³-hybridized carbons (Fsp3) is 0.222. The Kier molecular flexibility index (Phi) is 2.20. The molecular formula is C9H9ClN2O. The van der Waals surface area contributed by atoms with Crippen LogP contribution in [0.15, 0.2) is 29.3 Å². The highest BCUT2D eigenvalue weighted by molar-refractivity contribution is 6.33. The van der Waals surface area contributed by atoms with E-state index in [4.69, 9.17) is 16.4 Å². The van der Waals surface area contributed by atoms with Crippen molar-refractivity contribution in [1.29, 1.82) is 0 Å². The SMILES string of the molecule is CC1N=CN(c2ccccc2Cl)O1. The van der Waals surface area contributed by atoms with Gasteiger partial charge in [-0.05, 0) is 19.1 Å². The van der Waals surface area contributed by atoms with E-state index in [-0.39, 0.29) is 6.23 Å². The van der Waals surface area contributed by atoms with Crippen LogP contribution in [-0.2, 0) is 4.84 Å². The standard InChI is InChI=1S/C9H9ClN2O/c1-7-11-6-12(13-7)9-5-3-2-4-8(9)10/h2-7H,1H3. The van der Waals surface area contributed by atoms with Gasteiger partial charge in [-0.1, -0.05) is 23.7 Å². The van der Waals surface area contributed by atoms with Crippen molar-refractivity contribution in [2.24, 2.45) is 4.99 Å². The summed E-state index contributed by atoms with van der Waals surface area (Å²) < 4.78 is 0. The van der Waals surface area contributed by atoms with Gasteiger partial charge >= 0.3 is 0 Å². The fourth-order valence-electron chi connectivity index (χ4n) is 1.12. The van der Waals surface area contributed by atoms with Gasteiger partial charge < -0.3 is 0 Å². The second-order valence-corrected chi connectivity index (χ2v) is 3.15. The molecule has 68 valence electrons. The zero-order valence-corrected chi connectivity index (χ0v) is 7.90. The lowest BCUT2D eigenvalue weighted by molar-refractivity contribution is 0.101. The molecule has 1 aliphatic heterocycles. The Morgan fingerprint density at radius 1 is 1.46 bits per heavy atom. The summed E-state index contributed by atoms with van der Waals surface area (Å²) in [5.74, 6) is 0. The van der Waals surface area contributed by atoms with E-state index in [2.05, 4.69) is 4.99 Å². The van der Waals surface area contributed by atoms with Crippen molar-refractivity contribution < 1.29 is 4.84 Å². The van der Waals surface area contributed by atoms with Gasteiger partial charge in [0.25, 0.3) is 0 Å². The van der Waals surface area contributed by atoms with E-state index >= 15 is 0 Å². The van der Waals surface area contributed by atoms with E-state index in [0.717, 1.165) is 5.69 Å². The van der Waals surface area contributed by atoms with E-state index < -0.39 is 0 Å². The molecule has 0 bridgehead atoms. The number of rotatable bonds is 1. The Balaban J connectivity index is 2.27. The maximum Gasteiger partial charge on any atom is 0.174 e. The van der Waals surface area contributed by atoms with Crippen molar-refractivity contribution in [3.8, 4) is 0 Å². The molecule has 0 saturated heterocycles. The lowest BCUT2D eigenvalue weighted by atomic mass is 10.3. The topological polar surface area (TPSA) is 24.8 Å². The van der Waals surface area contributed by atoms with Gasteiger partial charge in [0.2, 0.25) is 0 Å². The van der Waals surface area contributed by atoms with Crippen LogP contribution in [0.3, 0.4) is 0 Å². The smallest absolute Gasteiger partial charge is 0.174 e. The summed E-state index contributed by atoms with van der Waals surface area (Å²) in [6.45, 7) is 1.87. The highest BCUT2D eigenvalue weighted by atomic mass is 35.5. The molecule has 0 N–H and O–H groups in total. The Morgan fingerprint density at radius 3 is 2.85 bits per heavy atom. The highest BCUT2D eigenvalue weighted by Gasteiger charge is 2.16. The molecule has 1 aromatic carbocycles. The van der Waals surface area contributed by atoms with Crippen LogP contribution in [0.4, 0.5) is 5.69 Å². The van der Waals surface area contributed by atoms with Crippen LogP contribution in [-0.4, -0.2) is 12.6 Å². The van der Waals surface area contributed by atoms with Crippen LogP contribution >= 0.6 is 11.6 Å². The number of benzene rings is 1. The number of hydrogen-bond acceptors (Lipinski definition) is 3. The van der Waals surface area contributed by atoms with Gasteiger partial charge in [-0.2, -0.15) is 0 Å². The van der Waals surface area contributed by atoms with Gasteiger partial charge in [-0.15, -0.1) is 0 Å². The second-order valence-electron chi connectivity index (χ2n) is 2.75. The number of aliphatic imine (C=N–C) groups is 1. The average Bonchev–Trinajstić information content (AvgIpc) is 2.53. The molecule has 3 nitrogen and oxygen atoms in total. The number of halogens is 1. The minimum Gasteiger partial charge on any atom is -0.241 e. The van der Waals surface area contributed by atoms with Gasteiger partial charge in [0, 0.05) is 0 Å². The van der Waals surface area contributed by atoms with Gasteiger partial charge in [0.05, 0.1) is 10.7 Å². The van der Waals surface area contributed by atoms with Crippen LogP contribution < -0.4 is 5.06 Å². The third-order valence-electron chi connectivity index (χ3n) is 1.74. The van der Waals surface area contributed by atoms with Crippen molar-refractivity contribution >= 4 is 23.6 Å². The Hall–Kier alpha value is -1.06. The number of anilines is 1.